The molecule has 0 aromatic carbocycles. The molecule has 0 bridgehead atoms. The van der Waals surface area contributed by atoms with E-state index in [2.05, 4.69) is 0 Å². The minimum absolute atomic E-state index is 0.0304. The van der Waals surface area contributed by atoms with Crippen molar-refractivity contribution >= 4 is 11.9 Å². The molecule has 1 atom stereocenters. The highest BCUT2D eigenvalue weighted by Gasteiger charge is 2.16. The molecule has 0 saturated carbocycles. The lowest BCUT2D eigenvalue weighted by atomic mass is 10.2. The second kappa shape index (κ2) is 5.39. The fourth-order valence-electron chi connectivity index (χ4n) is 1.14. The standard InChI is InChI=1S/C9H12O5/c10-8(11)3-4-9(12)14-6-7-2-1-5-13-7/h3-4,7H,1-2,5-6H2,(H,10,11)/b4-3+. The summed E-state index contributed by atoms with van der Waals surface area (Å²) >= 11 is 0. The van der Waals surface area contributed by atoms with Gasteiger partial charge in [-0.1, -0.05) is 0 Å². The molecule has 14 heavy (non-hydrogen) atoms. The van der Waals surface area contributed by atoms with Gasteiger partial charge in [0, 0.05) is 18.8 Å². The molecule has 78 valence electrons. The van der Waals surface area contributed by atoms with Crippen LogP contribution in [0.5, 0.6) is 0 Å². The van der Waals surface area contributed by atoms with E-state index in [-0.39, 0.29) is 12.7 Å². The zero-order valence-corrected chi connectivity index (χ0v) is 7.64. The number of carboxylic acid groups (broad SMARTS) is 1. The van der Waals surface area contributed by atoms with Crippen LogP contribution in [0.1, 0.15) is 12.8 Å². The van der Waals surface area contributed by atoms with Gasteiger partial charge in [0.15, 0.2) is 0 Å². The molecule has 0 amide bonds. The number of esters is 1. The second-order valence-corrected chi connectivity index (χ2v) is 2.94. The Balaban J connectivity index is 2.17. The van der Waals surface area contributed by atoms with Crippen molar-refractivity contribution in [2.24, 2.45) is 0 Å². The van der Waals surface area contributed by atoms with Gasteiger partial charge in [-0.15, -0.1) is 0 Å². The summed E-state index contributed by atoms with van der Waals surface area (Å²) in [4.78, 5) is 20.9. The minimum atomic E-state index is -1.17. The van der Waals surface area contributed by atoms with Crippen molar-refractivity contribution in [1.82, 2.24) is 0 Å². The number of carboxylic acids is 1. The lowest BCUT2D eigenvalue weighted by Crippen LogP contribution is -2.16. The van der Waals surface area contributed by atoms with Crippen LogP contribution in [-0.2, 0) is 19.1 Å². The molecular weight excluding hydrogens is 188 g/mol. The Labute approximate surface area is 81.3 Å². The van der Waals surface area contributed by atoms with E-state index in [9.17, 15) is 9.59 Å². The maximum absolute atomic E-state index is 10.9. The number of carbonyl (C=O) groups excluding carboxylic acids is 1. The van der Waals surface area contributed by atoms with E-state index in [1.165, 1.54) is 0 Å². The normalized spacial score (nSPS) is 21.3. The smallest absolute Gasteiger partial charge is 0.331 e. The number of hydrogen-bond donors (Lipinski definition) is 1. The monoisotopic (exact) mass is 200 g/mol. The molecule has 0 radical (unpaired) electrons. The summed E-state index contributed by atoms with van der Waals surface area (Å²) in [5.74, 6) is -1.82. The van der Waals surface area contributed by atoms with Gasteiger partial charge in [0.1, 0.15) is 6.61 Å². The van der Waals surface area contributed by atoms with Gasteiger partial charge in [-0.2, -0.15) is 0 Å². The van der Waals surface area contributed by atoms with Crippen molar-refractivity contribution in [2.45, 2.75) is 18.9 Å². The molecule has 0 aromatic rings. The summed E-state index contributed by atoms with van der Waals surface area (Å²) in [7, 11) is 0. The van der Waals surface area contributed by atoms with E-state index >= 15 is 0 Å². The quantitative estimate of drug-likeness (QED) is 0.523. The zero-order chi connectivity index (χ0) is 10.4. The van der Waals surface area contributed by atoms with Crippen molar-refractivity contribution in [3.63, 3.8) is 0 Å². The zero-order valence-electron chi connectivity index (χ0n) is 7.64. The molecular formula is C9H12O5. The van der Waals surface area contributed by atoms with Crippen molar-refractivity contribution in [3.8, 4) is 0 Å². The molecule has 1 heterocycles. The van der Waals surface area contributed by atoms with E-state index in [1.807, 2.05) is 0 Å². The van der Waals surface area contributed by atoms with Gasteiger partial charge in [0.25, 0.3) is 0 Å². The van der Waals surface area contributed by atoms with Gasteiger partial charge >= 0.3 is 11.9 Å². The summed E-state index contributed by atoms with van der Waals surface area (Å²) in [6.45, 7) is 0.899. The Morgan fingerprint density at radius 2 is 2.29 bits per heavy atom. The predicted molar refractivity (Wildman–Crippen MR) is 46.7 cm³/mol. The summed E-state index contributed by atoms with van der Waals surface area (Å²) in [5.41, 5.74) is 0. The van der Waals surface area contributed by atoms with Crippen LogP contribution in [0.4, 0.5) is 0 Å². The number of rotatable bonds is 4. The maximum Gasteiger partial charge on any atom is 0.331 e. The first-order chi connectivity index (χ1) is 6.68. The van der Waals surface area contributed by atoms with Gasteiger partial charge in [-0.05, 0) is 12.8 Å². The highest BCUT2D eigenvalue weighted by Crippen LogP contribution is 2.11. The Morgan fingerprint density at radius 3 is 2.86 bits per heavy atom. The molecule has 1 rings (SSSR count). The van der Waals surface area contributed by atoms with Crippen LogP contribution in [0.25, 0.3) is 0 Å². The summed E-state index contributed by atoms with van der Waals surface area (Å²) in [6, 6.07) is 0. The molecule has 0 aliphatic carbocycles. The minimum Gasteiger partial charge on any atom is -0.478 e. The Kier molecular flexibility index (Phi) is 4.12. The first-order valence-electron chi connectivity index (χ1n) is 4.38. The Hall–Kier alpha value is -1.36. The molecule has 5 nitrogen and oxygen atoms in total. The van der Waals surface area contributed by atoms with Crippen molar-refractivity contribution in [1.29, 1.82) is 0 Å². The maximum atomic E-state index is 10.9. The topological polar surface area (TPSA) is 72.8 Å². The second-order valence-electron chi connectivity index (χ2n) is 2.94. The lowest BCUT2D eigenvalue weighted by molar-refractivity contribution is -0.141. The molecule has 1 aliphatic rings. The SMILES string of the molecule is O=C(O)/C=C/C(=O)OCC1CCCO1. The highest BCUT2D eigenvalue weighted by molar-refractivity contribution is 5.90. The first-order valence-corrected chi connectivity index (χ1v) is 4.38. The fourth-order valence-corrected chi connectivity index (χ4v) is 1.14. The third kappa shape index (κ3) is 4.04. The largest absolute Gasteiger partial charge is 0.478 e. The highest BCUT2D eigenvalue weighted by atomic mass is 16.6. The number of carbonyl (C=O) groups is 2. The van der Waals surface area contributed by atoms with Crippen LogP contribution in [0, 0.1) is 0 Å². The third-order valence-electron chi connectivity index (χ3n) is 1.80. The van der Waals surface area contributed by atoms with Gasteiger partial charge in [-0.3, -0.25) is 0 Å². The van der Waals surface area contributed by atoms with Crippen LogP contribution in [0.2, 0.25) is 0 Å². The molecule has 1 aliphatic heterocycles. The van der Waals surface area contributed by atoms with E-state index in [0.717, 1.165) is 25.0 Å². The molecule has 1 N–H and O–H groups in total. The Morgan fingerprint density at radius 1 is 1.50 bits per heavy atom. The van der Waals surface area contributed by atoms with Crippen LogP contribution in [0.3, 0.4) is 0 Å². The third-order valence-corrected chi connectivity index (χ3v) is 1.80. The van der Waals surface area contributed by atoms with Crippen LogP contribution < -0.4 is 0 Å². The van der Waals surface area contributed by atoms with Crippen molar-refractivity contribution in [3.05, 3.63) is 12.2 Å². The first kappa shape index (κ1) is 10.7. The molecule has 0 aromatic heterocycles. The van der Waals surface area contributed by atoms with E-state index in [1.54, 1.807) is 0 Å². The Bertz CT molecular complexity index is 240. The average Bonchev–Trinajstić information content (AvgIpc) is 2.63. The van der Waals surface area contributed by atoms with Gasteiger partial charge in [-0.25, -0.2) is 9.59 Å². The average molecular weight is 200 g/mol. The molecule has 5 heteroatoms. The number of aliphatic carboxylic acids is 1. The van der Waals surface area contributed by atoms with Gasteiger partial charge in [0.05, 0.1) is 6.10 Å². The summed E-state index contributed by atoms with van der Waals surface area (Å²) in [5, 5.41) is 8.22. The predicted octanol–water partition coefficient (Wildman–Crippen LogP) is 0.349. The number of ether oxygens (including phenoxy) is 2. The van der Waals surface area contributed by atoms with E-state index < -0.39 is 11.9 Å². The molecule has 1 saturated heterocycles. The molecule has 0 spiro atoms. The van der Waals surface area contributed by atoms with Crippen LogP contribution in [0.15, 0.2) is 12.2 Å². The van der Waals surface area contributed by atoms with E-state index in [4.69, 9.17) is 14.6 Å². The number of hydrogen-bond acceptors (Lipinski definition) is 4. The van der Waals surface area contributed by atoms with E-state index in [0.29, 0.717) is 6.61 Å². The van der Waals surface area contributed by atoms with Crippen LogP contribution in [-0.4, -0.2) is 36.4 Å². The van der Waals surface area contributed by atoms with Crippen LogP contribution >= 0.6 is 0 Å². The summed E-state index contributed by atoms with van der Waals surface area (Å²) < 4.78 is 9.97. The van der Waals surface area contributed by atoms with Crippen molar-refractivity contribution in [2.75, 3.05) is 13.2 Å². The molecule has 1 unspecified atom stereocenters. The van der Waals surface area contributed by atoms with Gasteiger partial charge < -0.3 is 14.6 Å². The molecule has 1 fully saturated rings. The van der Waals surface area contributed by atoms with Crippen molar-refractivity contribution < 1.29 is 24.2 Å². The lowest BCUT2D eigenvalue weighted by Gasteiger charge is -2.07. The summed E-state index contributed by atoms with van der Waals surface area (Å²) in [6.07, 6.45) is 3.47. The van der Waals surface area contributed by atoms with Gasteiger partial charge in [0.2, 0.25) is 0 Å². The fraction of sp³-hybridized carbons (Fsp3) is 0.556.